The van der Waals surface area contributed by atoms with Crippen LogP contribution in [-0.4, -0.2) is 13.2 Å². The largest absolute Gasteiger partial charge is 0.489 e. The van der Waals surface area contributed by atoms with Crippen LogP contribution >= 0.6 is 11.6 Å². The summed E-state index contributed by atoms with van der Waals surface area (Å²) in [6.07, 6.45) is 0. The Morgan fingerprint density at radius 1 is 1.05 bits per heavy atom. The maximum absolute atomic E-state index is 13.5. The van der Waals surface area contributed by atoms with Crippen molar-refractivity contribution in [2.45, 2.75) is 0 Å². The van der Waals surface area contributed by atoms with Crippen molar-refractivity contribution < 1.29 is 13.5 Å². The molecule has 2 aromatic rings. The molecule has 0 aromatic heterocycles. The number of ether oxygens (including phenoxy) is 1. The minimum Gasteiger partial charge on any atom is -0.489 e. The van der Waals surface area contributed by atoms with Gasteiger partial charge >= 0.3 is 0 Å². The summed E-state index contributed by atoms with van der Waals surface area (Å²) < 4.78 is 31.4. The van der Waals surface area contributed by atoms with E-state index in [1.807, 2.05) is 0 Å². The Kier molecular flexibility index (Phi) is 4.58. The van der Waals surface area contributed by atoms with E-state index >= 15 is 0 Å². The molecular formula is C14H12ClF2NO. The van der Waals surface area contributed by atoms with E-state index in [0.717, 1.165) is 5.69 Å². The average Bonchev–Trinajstić information content (AvgIpc) is 2.41. The van der Waals surface area contributed by atoms with E-state index in [-0.39, 0.29) is 23.2 Å². The van der Waals surface area contributed by atoms with Crippen LogP contribution in [0.25, 0.3) is 0 Å². The topological polar surface area (TPSA) is 21.3 Å². The summed E-state index contributed by atoms with van der Waals surface area (Å²) >= 11 is 5.63. The van der Waals surface area contributed by atoms with Gasteiger partial charge in [-0.25, -0.2) is 8.78 Å². The van der Waals surface area contributed by atoms with Crippen LogP contribution < -0.4 is 10.1 Å². The second-order valence-corrected chi connectivity index (χ2v) is 4.24. The van der Waals surface area contributed by atoms with Crippen LogP contribution in [0.2, 0.25) is 5.02 Å². The third-order valence-corrected chi connectivity index (χ3v) is 2.74. The number of halogens is 3. The van der Waals surface area contributed by atoms with Gasteiger partial charge in [0, 0.05) is 12.2 Å². The second kappa shape index (κ2) is 6.38. The number of hydrogen-bond acceptors (Lipinski definition) is 2. The molecular weight excluding hydrogens is 272 g/mol. The lowest BCUT2D eigenvalue weighted by atomic mass is 10.3. The summed E-state index contributed by atoms with van der Waals surface area (Å²) in [5, 5.41) is 3.06. The second-order valence-electron chi connectivity index (χ2n) is 3.83. The van der Waals surface area contributed by atoms with E-state index in [2.05, 4.69) is 5.32 Å². The van der Waals surface area contributed by atoms with E-state index in [4.69, 9.17) is 16.3 Å². The van der Waals surface area contributed by atoms with Crippen molar-refractivity contribution in [2.24, 2.45) is 0 Å². The highest BCUT2D eigenvalue weighted by atomic mass is 35.5. The SMILES string of the molecule is Fc1ccc(NCCOc2cccc(Cl)c2F)cc1. The number of anilines is 1. The van der Waals surface area contributed by atoms with Crippen LogP contribution in [0.3, 0.4) is 0 Å². The van der Waals surface area contributed by atoms with Gasteiger partial charge in [-0.2, -0.15) is 0 Å². The molecule has 2 nitrogen and oxygen atoms in total. The summed E-state index contributed by atoms with van der Waals surface area (Å²) in [7, 11) is 0. The van der Waals surface area contributed by atoms with E-state index in [1.165, 1.54) is 24.3 Å². The van der Waals surface area contributed by atoms with Crippen molar-refractivity contribution in [1.82, 2.24) is 0 Å². The van der Waals surface area contributed by atoms with Gasteiger partial charge in [-0.1, -0.05) is 17.7 Å². The van der Waals surface area contributed by atoms with Crippen molar-refractivity contribution in [3.63, 3.8) is 0 Å². The maximum Gasteiger partial charge on any atom is 0.183 e. The minimum absolute atomic E-state index is 0.0315. The van der Waals surface area contributed by atoms with Gasteiger partial charge in [-0.05, 0) is 36.4 Å². The average molecular weight is 284 g/mol. The Labute approximate surface area is 115 Å². The Bertz CT molecular complexity index is 546. The Morgan fingerprint density at radius 2 is 1.79 bits per heavy atom. The monoisotopic (exact) mass is 283 g/mol. The van der Waals surface area contributed by atoms with Crippen LogP contribution in [0.5, 0.6) is 5.75 Å². The molecule has 0 saturated heterocycles. The standard InChI is InChI=1S/C14H12ClF2NO/c15-12-2-1-3-13(14(12)17)19-9-8-18-11-6-4-10(16)5-7-11/h1-7,18H,8-9H2. The maximum atomic E-state index is 13.5. The molecule has 1 N–H and O–H groups in total. The van der Waals surface area contributed by atoms with Gasteiger partial charge in [0.25, 0.3) is 0 Å². The molecule has 0 heterocycles. The molecule has 0 spiro atoms. The fourth-order valence-corrected chi connectivity index (χ4v) is 1.69. The number of rotatable bonds is 5. The Balaban J connectivity index is 1.81. The molecule has 100 valence electrons. The normalized spacial score (nSPS) is 10.3. The third-order valence-electron chi connectivity index (χ3n) is 2.45. The fraction of sp³-hybridized carbons (Fsp3) is 0.143. The highest BCUT2D eigenvalue weighted by molar-refractivity contribution is 6.30. The molecule has 19 heavy (non-hydrogen) atoms. The van der Waals surface area contributed by atoms with Gasteiger partial charge in [0.05, 0.1) is 5.02 Å². The summed E-state index contributed by atoms with van der Waals surface area (Å²) in [6, 6.07) is 10.6. The molecule has 5 heteroatoms. The molecule has 2 aromatic carbocycles. The lowest BCUT2D eigenvalue weighted by Gasteiger charge is -2.09. The van der Waals surface area contributed by atoms with Crippen LogP contribution in [0, 0.1) is 11.6 Å². The zero-order valence-corrected chi connectivity index (χ0v) is 10.8. The molecule has 0 aliphatic rings. The van der Waals surface area contributed by atoms with E-state index < -0.39 is 5.82 Å². The molecule has 0 radical (unpaired) electrons. The first kappa shape index (κ1) is 13.6. The molecule has 2 rings (SSSR count). The predicted molar refractivity (Wildman–Crippen MR) is 71.8 cm³/mol. The zero-order valence-electron chi connectivity index (χ0n) is 10.00. The first-order valence-corrected chi connectivity index (χ1v) is 6.11. The van der Waals surface area contributed by atoms with E-state index in [0.29, 0.717) is 6.54 Å². The third kappa shape index (κ3) is 3.83. The van der Waals surface area contributed by atoms with Crippen molar-refractivity contribution >= 4 is 17.3 Å². The lowest BCUT2D eigenvalue weighted by Crippen LogP contribution is -2.12. The Morgan fingerprint density at radius 3 is 2.53 bits per heavy atom. The summed E-state index contributed by atoms with van der Waals surface area (Å²) in [5.74, 6) is -0.734. The molecule has 0 saturated carbocycles. The summed E-state index contributed by atoms with van der Waals surface area (Å²) in [5.41, 5.74) is 0.775. The number of nitrogens with one attached hydrogen (secondary N) is 1. The Hall–Kier alpha value is -1.81. The summed E-state index contributed by atoms with van der Waals surface area (Å²) in [4.78, 5) is 0. The van der Waals surface area contributed by atoms with Crippen LogP contribution in [-0.2, 0) is 0 Å². The molecule has 0 aliphatic heterocycles. The van der Waals surface area contributed by atoms with Gasteiger partial charge in [0.15, 0.2) is 11.6 Å². The molecule has 0 unspecified atom stereocenters. The first-order valence-electron chi connectivity index (χ1n) is 5.73. The van der Waals surface area contributed by atoms with E-state index in [1.54, 1.807) is 18.2 Å². The molecule has 0 fully saturated rings. The van der Waals surface area contributed by atoms with Gasteiger partial charge in [-0.3, -0.25) is 0 Å². The van der Waals surface area contributed by atoms with Gasteiger partial charge in [0.1, 0.15) is 12.4 Å². The van der Waals surface area contributed by atoms with Crippen molar-refractivity contribution in [3.8, 4) is 5.75 Å². The fourth-order valence-electron chi connectivity index (χ4n) is 1.52. The molecule has 0 atom stereocenters. The first-order chi connectivity index (χ1) is 9.16. The smallest absolute Gasteiger partial charge is 0.183 e. The summed E-state index contributed by atoms with van der Waals surface area (Å²) in [6.45, 7) is 0.742. The van der Waals surface area contributed by atoms with Gasteiger partial charge in [-0.15, -0.1) is 0 Å². The molecule has 0 bridgehead atoms. The van der Waals surface area contributed by atoms with Gasteiger partial charge < -0.3 is 10.1 Å². The van der Waals surface area contributed by atoms with Crippen molar-refractivity contribution in [2.75, 3.05) is 18.5 Å². The highest BCUT2D eigenvalue weighted by Crippen LogP contribution is 2.23. The highest BCUT2D eigenvalue weighted by Gasteiger charge is 2.06. The van der Waals surface area contributed by atoms with Crippen molar-refractivity contribution in [3.05, 3.63) is 59.1 Å². The number of benzene rings is 2. The zero-order chi connectivity index (χ0) is 13.7. The van der Waals surface area contributed by atoms with Crippen LogP contribution in [0.1, 0.15) is 0 Å². The van der Waals surface area contributed by atoms with Gasteiger partial charge in [0.2, 0.25) is 0 Å². The van der Waals surface area contributed by atoms with E-state index in [9.17, 15) is 8.78 Å². The van der Waals surface area contributed by atoms with Crippen LogP contribution in [0.4, 0.5) is 14.5 Å². The lowest BCUT2D eigenvalue weighted by molar-refractivity contribution is 0.315. The predicted octanol–water partition coefficient (Wildman–Crippen LogP) is 4.11. The molecule has 0 amide bonds. The number of hydrogen-bond donors (Lipinski definition) is 1. The van der Waals surface area contributed by atoms with Crippen molar-refractivity contribution in [1.29, 1.82) is 0 Å². The quantitative estimate of drug-likeness (QED) is 0.834. The van der Waals surface area contributed by atoms with Crippen LogP contribution in [0.15, 0.2) is 42.5 Å². The molecule has 0 aliphatic carbocycles. The minimum atomic E-state index is -0.564.